The maximum atomic E-state index is 13.3. The molecule has 8 heteroatoms. The Labute approximate surface area is 186 Å². The topological polar surface area (TPSA) is 72.3 Å². The van der Waals surface area contributed by atoms with Crippen LogP contribution in [0.3, 0.4) is 0 Å². The van der Waals surface area contributed by atoms with Crippen molar-refractivity contribution in [2.45, 2.75) is 45.2 Å². The van der Waals surface area contributed by atoms with E-state index in [2.05, 4.69) is 53.3 Å². The van der Waals surface area contributed by atoms with E-state index in [0.717, 1.165) is 42.2 Å². The maximum Gasteiger partial charge on any atom is 0.285 e. The lowest BCUT2D eigenvalue weighted by atomic mass is 10.0. The van der Waals surface area contributed by atoms with Gasteiger partial charge in [-0.25, -0.2) is 0 Å². The molecule has 3 heterocycles. The third kappa shape index (κ3) is 4.58. The second-order valence-corrected chi connectivity index (χ2v) is 9.73. The number of benzene rings is 1. The molecule has 2 aromatic heterocycles. The molecule has 0 spiro atoms. The van der Waals surface area contributed by atoms with E-state index >= 15 is 0 Å². The summed E-state index contributed by atoms with van der Waals surface area (Å²) in [4.78, 5) is 16.5. The van der Waals surface area contributed by atoms with Crippen molar-refractivity contribution in [1.82, 2.24) is 14.2 Å². The van der Waals surface area contributed by atoms with Crippen LogP contribution in [0.15, 0.2) is 47.3 Å². The molecule has 1 aliphatic rings. The molecule has 1 fully saturated rings. The summed E-state index contributed by atoms with van der Waals surface area (Å²) in [6.07, 6.45) is 1.85. The zero-order valence-corrected chi connectivity index (χ0v) is 19.3. The van der Waals surface area contributed by atoms with Crippen molar-refractivity contribution < 1.29 is 4.74 Å². The Balaban J connectivity index is 1.53. The van der Waals surface area contributed by atoms with Gasteiger partial charge in [0, 0.05) is 25.2 Å². The van der Waals surface area contributed by atoms with Gasteiger partial charge < -0.3 is 15.0 Å². The van der Waals surface area contributed by atoms with Crippen molar-refractivity contribution in [2.24, 2.45) is 0 Å². The van der Waals surface area contributed by atoms with Crippen molar-refractivity contribution in [1.29, 1.82) is 0 Å². The maximum absolute atomic E-state index is 13.3. The van der Waals surface area contributed by atoms with E-state index in [1.54, 1.807) is 7.11 Å². The summed E-state index contributed by atoms with van der Waals surface area (Å²) in [5.41, 5.74) is 1.58. The average Bonchev–Trinajstić information content (AvgIpc) is 3.11. The molecule has 0 aliphatic carbocycles. The molecule has 0 saturated carbocycles. The Morgan fingerprint density at radius 2 is 1.77 bits per heavy atom. The second-order valence-electron chi connectivity index (χ2n) is 8.77. The first kappa shape index (κ1) is 21.4. The van der Waals surface area contributed by atoms with Crippen molar-refractivity contribution >= 4 is 23.0 Å². The Morgan fingerprint density at radius 3 is 2.35 bits per heavy atom. The smallest absolute Gasteiger partial charge is 0.285 e. The standard InChI is InChI=1S/C23H29N5O2S/c1-23(2,3)28-22(29)20(21(31-28)16-8-6-5-7-9-16)24-17-12-14-27(15-13-17)18-10-11-19(30-4)26-25-18/h5-11,17,24H,12-15H2,1-4H3. The van der Waals surface area contributed by atoms with Crippen LogP contribution in [-0.2, 0) is 5.54 Å². The number of anilines is 2. The van der Waals surface area contributed by atoms with E-state index in [1.807, 2.05) is 34.3 Å². The predicted octanol–water partition coefficient (Wildman–Crippen LogP) is 4.21. The third-order valence-electron chi connectivity index (χ3n) is 5.46. The molecule has 3 aromatic rings. The normalized spacial score (nSPS) is 15.2. The average molecular weight is 440 g/mol. The molecule has 4 rings (SSSR count). The van der Waals surface area contributed by atoms with Gasteiger partial charge in [-0.2, -0.15) is 0 Å². The van der Waals surface area contributed by atoms with Crippen molar-refractivity contribution in [3.8, 4) is 16.3 Å². The van der Waals surface area contributed by atoms with Gasteiger partial charge in [-0.15, -0.1) is 10.2 Å². The molecule has 31 heavy (non-hydrogen) atoms. The van der Waals surface area contributed by atoms with Crippen molar-refractivity contribution in [3.63, 3.8) is 0 Å². The van der Waals surface area contributed by atoms with Gasteiger partial charge in [-0.3, -0.25) is 8.75 Å². The van der Waals surface area contributed by atoms with Crippen LogP contribution in [0, 0.1) is 0 Å². The molecule has 0 atom stereocenters. The van der Waals surface area contributed by atoms with Crippen molar-refractivity contribution in [2.75, 3.05) is 30.4 Å². The molecule has 1 aromatic carbocycles. The molecule has 0 bridgehead atoms. The minimum atomic E-state index is -0.262. The van der Waals surface area contributed by atoms with Crippen LogP contribution < -0.4 is 20.5 Å². The number of ether oxygens (including phenoxy) is 1. The molecule has 0 unspecified atom stereocenters. The zero-order chi connectivity index (χ0) is 22.0. The monoisotopic (exact) mass is 439 g/mol. The fourth-order valence-corrected chi connectivity index (χ4v) is 4.89. The highest BCUT2D eigenvalue weighted by Gasteiger charge is 2.27. The van der Waals surface area contributed by atoms with Gasteiger partial charge in [0.25, 0.3) is 5.56 Å². The lowest BCUT2D eigenvalue weighted by molar-refractivity contribution is 0.391. The second kappa shape index (κ2) is 8.70. The predicted molar refractivity (Wildman–Crippen MR) is 126 cm³/mol. The lowest BCUT2D eigenvalue weighted by Gasteiger charge is -2.33. The molecule has 1 N–H and O–H groups in total. The fourth-order valence-electron chi connectivity index (χ4n) is 3.78. The minimum Gasteiger partial charge on any atom is -0.480 e. The summed E-state index contributed by atoms with van der Waals surface area (Å²) in [6.45, 7) is 7.92. The number of methoxy groups -OCH3 is 1. The molecular formula is C23H29N5O2S. The van der Waals surface area contributed by atoms with Crippen molar-refractivity contribution in [3.05, 3.63) is 52.8 Å². The number of hydrogen-bond acceptors (Lipinski definition) is 7. The summed E-state index contributed by atoms with van der Waals surface area (Å²) in [5.74, 6) is 1.37. The van der Waals surface area contributed by atoms with E-state index < -0.39 is 0 Å². The van der Waals surface area contributed by atoms with E-state index in [9.17, 15) is 4.79 Å². The quantitative estimate of drug-likeness (QED) is 0.642. The lowest BCUT2D eigenvalue weighted by Crippen LogP contribution is -2.40. The van der Waals surface area contributed by atoms with Crippen LogP contribution in [0.25, 0.3) is 10.4 Å². The van der Waals surface area contributed by atoms with E-state index in [-0.39, 0.29) is 17.1 Å². The zero-order valence-electron chi connectivity index (χ0n) is 18.5. The number of nitrogens with zero attached hydrogens (tertiary/aromatic N) is 4. The first-order chi connectivity index (χ1) is 14.9. The summed E-state index contributed by atoms with van der Waals surface area (Å²) in [7, 11) is 1.59. The summed E-state index contributed by atoms with van der Waals surface area (Å²) < 4.78 is 6.97. The third-order valence-corrected chi connectivity index (χ3v) is 6.97. The molecule has 7 nitrogen and oxygen atoms in total. The van der Waals surface area contributed by atoms with Crippen LogP contribution in [0.5, 0.6) is 5.88 Å². The van der Waals surface area contributed by atoms with E-state index in [4.69, 9.17) is 4.74 Å². The largest absolute Gasteiger partial charge is 0.480 e. The van der Waals surface area contributed by atoms with Gasteiger partial charge in [0.05, 0.1) is 17.5 Å². The number of rotatable bonds is 5. The highest BCUT2D eigenvalue weighted by molar-refractivity contribution is 7.11. The first-order valence-corrected chi connectivity index (χ1v) is 11.4. The molecule has 0 radical (unpaired) electrons. The molecule has 1 aliphatic heterocycles. The SMILES string of the molecule is COc1ccc(N2CCC(Nc3c(-c4ccccc4)sn(C(C)(C)C)c3=O)CC2)nn1. The molecule has 164 valence electrons. The van der Waals surface area contributed by atoms with Gasteiger partial charge in [-0.05, 0) is 45.2 Å². The van der Waals surface area contributed by atoms with Crippen LogP contribution in [0.2, 0.25) is 0 Å². The summed E-state index contributed by atoms with van der Waals surface area (Å²) in [5, 5.41) is 11.9. The molecule has 1 saturated heterocycles. The van der Waals surface area contributed by atoms with Crippen LogP contribution in [0.4, 0.5) is 11.5 Å². The Kier molecular flexibility index (Phi) is 6.00. The molecule has 0 amide bonds. The summed E-state index contributed by atoms with van der Waals surface area (Å²) >= 11 is 1.54. The van der Waals surface area contributed by atoms with Gasteiger partial charge >= 0.3 is 0 Å². The van der Waals surface area contributed by atoms with Gasteiger partial charge in [-0.1, -0.05) is 41.9 Å². The number of aromatic nitrogens is 3. The highest BCUT2D eigenvalue weighted by Crippen LogP contribution is 2.34. The first-order valence-electron chi connectivity index (χ1n) is 10.6. The minimum absolute atomic E-state index is 0.0554. The van der Waals surface area contributed by atoms with Gasteiger partial charge in [0.2, 0.25) is 5.88 Å². The number of hydrogen-bond donors (Lipinski definition) is 1. The van der Waals surface area contributed by atoms with Crippen LogP contribution >= 0.6 is 11.5 Å². The van der Waals surface area contributed by atoms with Gasteiger partial charge in [0.15, 0.2) is 5.82 Å². The Morgan fingerprint density at radius 1 is 1.06 bits per heavy atom. The van der Waals surface area contributed by atoms with E-state index in [0.29, 0.717) is 11.6 Å². The number of nitrogens with one attached hydrogen (secondary N) is 1. The van der Waals surface area contributed by atoms with Gasteiger partial charge in [0.1, 0.15) is 5.69 Å². The van der Waals surface area contributed by atoms with E-state index in [1.165, 1.54) is 11.5 Å². The number of piperidine rings is 1. The Bertz CT molecular complexity index is 1060. The molecular weight excluding hydrogens is 410 g/mol. The fraction of sp³-hybridized carbons (Fsp3) is 0.435. The highest BCUT2D eigenvalue weighted by atomic mass is 32.1. The van der Waals surface area contributed by atoms with Crippen LogP contribution in [-0.4, -0.2) is 40.4 Å². The van der Waals surface area contributed by atoms with Crippen LogP contribution in [0.1, 0.15) is 33.6 Å². The summed E-state index contributed by atoms with van der Waals surface area (Å²) in [6, 6.07) is 14.2. The Hall–Kier alpha value is -2.87.